The molecule has 1 aliphatic heterocycles. The van der Waals surface area contributed by atoms with Crippen molar-refractivity contribution >= 4 is 12.0 Å². The Morgan fingerprint density at radius 1 is 1.35 bits per heavy atom. The van der Waals surface area contributed by atoms with E-state index in [1.165, 1.54) is 11.2 Å². The van der Waals surface area contributed by atoms with Crippen LogP contribution in [0.25, 0.3) is 0 Å². The number of likely N-dealkylation sites (tertiary alicyclic amines) is 1. The number of amides is 2. The molecular formula is C14H17F3N2O4. The molecule has 2 rings (SSSR count). The second-order valence-corrected chi connectivity index (χ2v) is 5.23. The smallest absolute Gasteiger partial charge is 0.422 e. The normalized spacial score (nSPS) is 16.2. The van der Waals surface area contributed by atoms with E-state index in [0.29, 0.717) is 18.6 Å². The minimum Gasteiger partial charge on any atom is -0.467 e. The summed E-state index contributed by atoms with van der Waals surface area (Å²) >= 11 is 0. The van der Waals surface area contributed by atoms with Crippen LogP contribution in [0.4, 0.5) is 18.0 Å². The van der Waals surface area contributed by atoms with Gasteiger partial charge in [-0.05, 0) is 25.0 Å². The van der Waals surface area contributed by atoms with Crippen LogP contribution in [0.15, 0.2) is 22.8 Å². The van der Waals surface area contributed by atoms with E-state index >= 15 is 0 Å². The zero-order chi connectivity index (χ0) is 16.9. The highest BCUT2D eigenvalue weighted by atomic mass is 19.4. The van der Waals surface area contributed by atoms with Crippen molar-refractivity contribution in [2.75, 3.05) is 19.7 Å². The zero-order valence-corrected chi connectivity index (χ0v) is 12.3. The lowest BCUT2D eigenvalue weighted by Gasteiger charge is -2.30. The minimum atomic E-state index is -4.54. The molecule has 6 nitrogen and oxygen atoms in total. The van der Waals surface area contributed by atoms with Gasteiger partial charge in [-0.2, -0.15) is 13.2 Å². The number of hydrogen-bond donors (Lipinski definition) is 1. The first-order valence-electron chi connectivity index (χ1n) is 7.14. The lowest BCUT2D eigenvalue weighted by Crippen LogP contribution is -2.43. The van der Waals surface area contributed by atoms with E-state index in [1.807, 2.05) is 0 Å². The highest BCUT2D eigenvalue weighted by Crippen LogP contribution is 2.20. The molecule has 1 aromatic rings. The molecule has 9 heteroatoms. The van der Waals surface area contributed by atoms with Crippen molar-refractivity contribution in [2.45, 2.75) is 25.6 Å². The topological polar surface area (TPSA) is 71.8 Å². The van der Waals surface area contributed by atoms with Gasteiger partial charge in [0.05, 0.1) is 12.8 Å². The number of furan rings is 1. The van der Waals surface area contributed by atoms with Crippen LogP contribution in [0, 0.1) is 5.92 Å². The van der Waals surface area contributed by atoms with Crippen molar-refractivity contribution in [1.29, 1.82) is 0 Å². The SMILES string of the molecule is O=C(NCc1ccco1)C1CCN(C(=O)OCC(F)(F)F)CC1. The van der Waals surface area contributed by atoms with E-state index < -0.39 is 18.9 Å². The Kier molecular flexibility index (Phi) is 5.51. The highest BCUT2D eigenvalue weighted by Gasteiger charge is 2.32. The number of alkyl halides is 3. The Hall–Kier alpha value is -2.19. The molecule has 2 amide bonds. The van der Waals surface area contributed by atoms with Gasteiger partial charge in [0, 0.05) is 19.0 Å². The summed E-state index contributed by atoms with van der Waals surface area (Å²) in [5.41, 5.74) is 0. The van der Waals surface area contributed by atoms with Gasteiger partial charge < -0.3 is 19.4 Å². The molecule has 1 aromatic heterocycles. The van der Waals surface area contributed by atoms with E-state index in [-0.39, 0.29) is 31.5 Å². The number of rotatable bonds is 4. The van der Waals surface area contributed by atoms with Crippen molar-refractivity contribution in [3.05, 3.63) is 24.2 Å². The van der Waals surface area contributed by atoms with Crippen molar-refractivity contribution < 1.29 is 31.9 Å². The van der Waals surface area contributed by atoms with E-state index in [2.05, 4.69) is 10.1 Å². The van der Waals surface area contributed by atoms with E-state index in [0.717, 1.165) is 0 Å². The van der Waals surface area contributed by atoms with Crippen molar-refractivity contribution in [3.8, 4) is 0 Å². The molecule has 23 heavy (non-hydrogen) atoms. The van der Waals surface area contributed by atoms with Crippen LogP contribution in [0.1, 0.15) is 18.6 Å². The lowest BCUT2D eigenvalue weighted by molar-refractivity contribution is -0.162. The van der Waals surface area contributed by atoms with Crippen LogP contribution in [-0.2, 0) is 16.1 Å². The average Bonchev–Trinajstić information content (AvgIpc) is 3.03. The van der Waals surface area contributed by atoms with Gasteiger partial charge in [-0.3, -0.25) is 4.79 Å². The van der Waals surface area contributed by atoms with Gasteiger partial charge in [-0.15, -0.1) is 0 Å². The fraction of sp³-hybridized carbons (Fsp3) is 0.571. The second kappa shape index (κ2) is 7.38. The van der Waals surface area contributed by atoms with Gasteiger partial charge in [0.1, 0.15) is 5.76 Å². The van der Waals surface area contributed by atoms with Gasteiger partial charge in [0.2, 0.25) is 5.91 Å². The van der Waals surface area contributed by atoms with Crippen LogP contribution in [0.2, 0.25) is 0 Å². The molecule has 0 saturated carbocycles. The summed E-state index contributed by atoms with van der Waals surface area (Å²) in [7, 11) is 0. The second-order valence-electron chi connectivity index (χ2n) is 5.23. The Morgan fingerprint density at radius 3 is 2.61 bits per heavy atom. The Labute approximate surface area is 130 Å². The average molecular weight is 334 g/mol. The van der Waals surface area contributed by atoms with Crippen molar-refractivity contribution in [3.63, 3.8) is 0 Å². The van der Waals surface area contributed by atoms with E-state index in [1.54, 1.807) is 12.1 Å². The number of nitrogens with zero attached hydrogens (tertiary/aromatic N) is 1. The summed E-state index contributed by atoms with van der Waals surface area (Å²) < 4.78 is 45.3. The predicted molar refractivity (Wildman–Crippen MR) is 72.3 cm³/mol. The van der Waals surface area contributed by atoms with Crippen LogP contribution in [0.3, 0.4) is 0 Å². The molecule has 0 radical (unpaired) electrons. The van der Waals surface area contributed by atoms with Gasteiger partial charge in [0.15, 0.2) is 6.61 Å². The van der Waals surface area contributed by atoms with E-state index in [4.69, 9.17) is 4.42 Å². The maximum absolute atomic E-state index is 12.0. The first-order valence-corrected chi connectivity index (χ1v) is 7.14. The monoisotopic (exact) mass is 334 g/mol. The third kappa shape index (κ3) is 5.50. The maximum Gasteiger partial charge on any atom is 0.422 e. The largest absolute Gasteiger partial charge is 0.467 e. The lowest BCUT2D eigenvalue weighted by atomic mass is 9.96. The van der Waals surface area contributed by atoms with Crippen LogP contribution in [-0.4, -0.2) is 42.8 Å². The maximum atomic E-state index is 12.0. The number of hydrogen-bond acceptors (Lipinski definition) is 4. The number of halogens is 3. The molecule has 0 aromatic carbocycles. The summed E-state index contributed by atoms with van der Waals surface area (Å²) in [6.45, 7) is -0.944. The third-order valence-electron chi connectivity index (χ3n) is 3.50. The molecule has 1 saturated heterocycles. The molecule has 0 spiro atoms. The molecular weight excluding hydrogens is 317 g/mol. The number of piperidine rings is 1. The van der Waals surface area contributed by atoms with Gasteiger partial charge >= 0.3 is 12.3 Å². The quantitative estimate of drug-likeness (QED) is 0.917. The molecule has 0 bridgehead atoms. The number of carbonyl (C=O) groups is 2. The number of carbonyl (C=O) groups excluding carboxylic acids is 2. The number of nitrogens with one attached hydrogen (secondary N) is 1. The summed E-state index contributed by atoms with van der Waals surface area (Å²) in [5, 5.41) is 2.73. The molecule has 0 unspecified atom stereocenters. The summed E-state index contributed by atoms with van der Waals surface area (Å²) in [5.74, 6) is 0.188. The first kappa shape index (κ1) is 17.2. The van der Waals surface area contributed by atoms with Gasteiger partial charge in [0.25, 0.3) is 0 Å². The fourth-order valence-corrected chi connectivity index (χ4v) is 2.29. The molecule has 1 N–H and O–H groups in total. The summed E-state index contributed by atoms with van der Waals surface area (Å²) in [6.07, 6.45) is -3.28. The minimum absolute atomic E-state index is 0.162. The molecule has 128 valence electrons. The zero-order valence-electron chi connectivity index (χ0n) is 12.3. The number of ether oxygens (including phenoxy) is 1. The molecule has 1 aliphatic rings. The molecule has 2 heterocycles. The van der Waals surface area contributed by atoms with Crippen LogP contribution >= 0.6 is 0 Å². The van der Waals surface area contributed by atoms with Gasteiger partial charge in [-0.25, -0.2) is 4.79 Å². The van der Waals surface area contributed by atoms with Crippen LogP contribution < -0.4 is 5.32 Å². The third-order valence-corrected chi connectivity index (χ3v) is 3.50. The Morgan fingerprint density at radius 2 is 2.04 bits per heavy atom. The Bertz CT molecular complexity index is 523. The summed E-state index contributed by atoms with van der Waals surface area (Å²) in [6, 6.07) is 3.45. The van der Waals surface area contributed by atoms with Crippen molar-refractivity contribution in [2.24, 2.45) is 5.92 Å². The predicted octanol–water partition coefficient (Wildman–Crippen LogP) is 2.31. The highest BCUT2D eigenvalue weighted by molar-refractivity contribution is 5.79. The van der Waals surface area contributed by atoms with Crippen molar-refractivity contribution in [1.82, 2.24) is 10.2 Å². The molecule has 1 fully saturated rings. The summed E-state index contributed by atoms with van der Waals surface area (Å²) in [4.78, 5) is 24.7. The van der Waals surface area contributed by atoms with E-state index in [9.17, 15) is 22.8 Å². The molecule has 0 aliphatic carbocycles. The van der Waals surface area contributed by atoms with Gasteiger partial charge in [-0.1, -0.05) is 0 Å². The standard InChI is InChI=1S/C14H17F3N2O4/c15-14(16,17)9-23-13(21)19-5-3-10(4-6-19)12(20)18-8-11-2-1-7-22-11/h1-2,7,10H,3-6,8-9H2,(H,18,20). The molecule has 0 atom stereocenters. The van der Waals surface area contributed by atoms with Crippen LogP contribution in [0.5, 0.6) is 0 Å². The fourth-order valence-electron chi connectivity index (χ4n) is 2.29. The first-order chi connectivity index (χ1) is 10.8. The Balaban J connectivity index is 1.70.